The summed E-state index contributed by atoms with van der Waals surface area (Å²) in [6, 6.07) is 19.9. The fourth-order valence-corrected chi connectivity index (χ4v) is 2.76. The van der Waals surface area contributed by atoms with Crippen molar-refractivity contribution in [3.63, 3.8) is 0 Å². The summed E-state index contributed by atoms with van der Waals surface area (Å²) in [6.07, 6.45) is 1.98. The predicted molar refractivity (Wildman–Crippen MR) is 131 cm³/mol. The van der Waals surface area contributed by atoms with Crippen LogP contribution in [0.4, 0.5) is 0 Å². The summed E-state index contributed by atoms with van der Waals surface area (Å²) in [5.41, 5.74) is 1.08. The molecule has 0 amide bonds. The second-order valence-electron chi connectivity index (χ2n) is 7.01. The molecule has 0 radical (unpaired) electrons. The van der Waals surface area contributed by atoms with Crippen LogP contribution in [0, 0.1) is 0 Å². The van der Waals surface area contributed by atoms with Gasteiger partial charge in [0.2, 0.25) is 0 Å². The Bertz CT molecular complexity index is 694. The van der Waals surface area contributed by atoms with Crippen LogP contribution in [0.1, 0.15) is 37.8 Å². The number of aliphatic hydroxyl groups is 1. The number of nitrogens with one attached hydrogen (secondary N) is 2. The first-order chi connectivity index (χ1) is 13.6. The lowest BCUT2D eigenvalue weighted by atomic mass is 9.96. The maximum absolute atomic E-state index is 10.7. The van der Waals surface area contributed by atoms with E-state index < -0.39 is 5.60 Å². The van der Waals surface area contributed by atoms with E-state index in [0.29, 0.717) is 13.2 Å². The van der Waals surface area contributed by atoms with E-state index in [2.05, 4.69) is 27.8 Å². The number of guanidine groups is 1. The lowest BCUT2D eigenvalue weighted by Gasteiger charge is -2.22. The highest BCUT2D eigenvalue weighted by Crippen LogP contribution is 2.20. The second-order valence-corrected chi connectivity index (χ2v) is 7.01. The molecule has 0 saturated heterocycles. The number of benzene rings is 2. The zero-order valence-corrected chi connectivity index (χ0v) is 19.8. The van der Waals surface area contributed by atoms with Crippen molar-refractivity contribution in [3.8, 4) is 0 Å². The van der Waals surface area contributed by atoms with Crippen LogP contribution in [0.2, 0.25) is 0 Å². The van der Waals surface area contributed by atoms with Crippen molar-refractivity contribution >= 4 is 29.9 Å². The molecule has 6 heteroatoms. The van der Waals surface area contributed by atoms with E-state index in [1.807, 2.05) is 55.5 Å². The van der Waals surface area contributed by atoms with Gasteiger partial charge in [-0.2, -0.15) is 0 Å². The number of rotatable bonds is 11. The van der Waals surface area contributed by atoms with Gasteiger partial charge in [-0.3, -0.25) is 0 Å². The Hall–Kier alpha value is -1.64. The van der Waals surface area contributed by atoms with Crippen molar-refractivity contribution in [1.29, 1.82) is 0 Å². The van der Waals surface area contributed by atoms with Crippen molar-refractivity contribution in [3.05, 3.63) is 71.8 Å². The molecule has 29 heavy (non-hydrogen) atoms. The molecule has 160 valence electrons. The first kappa shape index (κ1) is 25.4. The first-order valence-electron chi connectivity index (χ1n) is 10.0. The van der Waals surface area contributed by atoms with Gasteiger partial charge in [0, 0.05) is 19.7 Å². The number of ether oxygens (including phenoxy) is 1. The zero-order valence-electron chi connectivity index (χ0n) is 17.4. The third-order valence-corrected chi connectivity index (χ3v) is 4.40. The lowest BCUT2D eigenvalue weighted by molar-refractivity contribution is 0.0672. The van der Waals surface area contributed by atoms with Crippen molar-refractivity contribution in [2.45, 2.75) is 38.9 Å². The van der Waals surface area contributed by atoms with Crippen LogP contribution >= 0.6 is 24.0 Å². The van der Waals surface area contributed by atoms with Gasteiger partial charge < -0.3 is 20.5 Å². The highest BCUT2D eigenvalue weighted by Gasteiger charge is 2.22. The molecule has 5 nitrogen and oxygen atoms in total. The van der Waals surface area contributed by atoms with Crippen molar-refractivity contribution in [1.82, 2.24) is 10.6 Å². The molecule has 0 bridgehead atoms. The van der Waals surface area contributed by atoms with Gasteiger partial charge in [-0.25, -0.2) is 4.99 Å². The van der Waals surface area contributed by atoms with Crippen molar-refractivity contribution in [2.24, 2.45) is 4.99 Å². The van der Waals surface area contributed by atoms with E-state index >= 15 is 0 Å². The van der Waals surface area contributed by atoms with Crippen LogP contribution in [0.3, 0.4) is 0 Å². The molecule has 0 aliphatic heterocycles. The number of aliphatic imine (C=N–C) groups is 1. The van der Waals surface area contributed by atoms with E-state index in [-0.39, 0.29) is 24.0 Å². The SMILES string of the molecule is CCNC(=NCC(C)(O)c1ccccc1)NCCCCOCc1ccccc1.I. The van der Waals surface area contributed by atoms with Gasteiger partial charge in [0.25, 0.3) is 0 Å². The highest BCUT2D eigenvalue weighted by atomic mass is 127. The normalized spacial score (nSPS) is 13.3. The van der Waals surface area contributed by atoms with E-state index in [1.54, 1.807) is 6.92 Å². The van der Waals surface area contributed by atoms with Gasteiger partial charge in [-0.15, -0.1) is 24.0 Å². The standard InChI is InChI=1S/C23H33N3O2.HI/c1-3-24-22(26-19-23(2,27)21-14-8-5-9-15-21)25-16-10-11-17-28-18-20-12-6-4-7-13-20;/h4-9,12-15,27H,3,10-11,16-19H2,1-2H3,(H2,24,25,26);1H. The summed E-state index contributed by atoms with van der Waals surface area (Å²) in [5.74, 6) is 0.726. The molecule has 0 saturated carbocycles. The monoisotopic (exact) mass is 511 g/mol. The lowest BCUT2D eigenvalue weighted by Crippen LogP contribution is -2.39. The molecular formula is C23H34IN3O2. The highest BCUT2D eigenvalue weighted by molar-refractivity contribution is 14.0. The number of hydrogen-bond donors (Lipinski definition) is 3. The van der Waals surface area contributed by atoms with Crippen LogP contribution in [0.25, 0.3) is 0 Å². The van der Waals surface area contributed by atoms with Crippen LogP contribution in [-0.4, -0.2) is 37.3 Å². The largest absolute Gasteiger partial charge is 0.384 e. The third kappa shape index (κ3) is 10.1. The Kier molecular flexibility index (Phi) is 12.6. The Morgan fingerprint density at radius 2 is 1.66 bits per heavy atom. The summed E-state index contributed by atoms with van der Waals surface area (Å²) < 4.78 is 5.71. The minimum absolute atomic E-state index is 0. The molecule has 0 aromatic heterocycles. The van der Waals surface area contributed by atoms with E-state index in [9.17, 15) is 5.11 Å². The van der Waals surface area contributed by atoms with E-state index in [4.69, 9.17) is 4.74 Å². The predicted octanol–water partition coefficient (Wildman–Crippen LogP) is 4.06. The fraction of sp³-hybridized carbons (Fsp3) is 0.435. The Morgan fingerprint density at radius 3 is 2.31 bits per heavy atom. The Labute approximate surface area is 192 Å². The molecule has 0 fully saturated rings. The van der Waals surface area contributed by atoms with Gasteiger partial charge in [-0.1, -0.05) is 60.7 Å². The number of halogens is 1. The quantitative estimate of drug-likeness (QED) is 0.184. The molecule has 2 aromatic carbocycles. The van der Waals surface area contributed by atoms with Crippen LogP contribution in [0.15, 0.2) is 65.7 Å². The molecular weight excluding hydrogens is 477 g/mol. The summed E-state index contributed by atoms with van der Waals surface area (Å²) in [6.45, 7) is 7.11. The van der Waals surface area contributed by atoms with Gasteiger partial charge in [-0.05, 0) is 37.8 Å². The van der Waals surface area contributed by atoms with Gasteiger partial charge in [0.15, 0.2) is 5.96 Å². The molecule has 1 atom stereocenters. The third-order valence-electron chi connectivity index (χ3n) is 4.40. The molecule has 0 heterocycles. The summed E-state index contributed by atoms with van der Waals surface area (Å²) in [4.78, 5) is 4.55. The summed E-state index contributed by atoms with van der Waals surface area (Å²) in [7, 11) is 0. The molecule has 2 rings (SSSR count). The van der Waals surface area contributed by atoms with E-state index in [0.717, 1.165) is 44.1 Å². The van der Waals surface area contributed by atoms with Crippen molar-refractivity contribution < 1.29 is 9.84 Å². The molecule has 3 N–H and O–H groups in total. The maximum atomic E-state index is 10.7. The number of unbranched alkanes of at least 4 members (excludes halogenated alkanes) is 1. The van der Waals surface area contributed by atoms with Crippen molar-refractivity contribution in [2.75, 3.05) is 26.2 Å². The summed E-state index contributed by atoms with van der Waals surface area (Å²) in [5, 5.41) is 17.2. The fourth-order valence-electron chi connectivity index (χ4n) is 2.76. The van der Waals surface area contributed by atoms with Crippen LogP contribution in [-0.2, 0) is 16.9 Å². The minimum atomic E-state index is -0.991. The molecule has 0 spiro atoms. The van der Waals surface area contributed by atoms with E-state index in [1.165, 1.54) is 5.56 Å². The average Bonchev–Trinajstić information content (AvgIpc) is 2.72. The second kappa shape index (κ2) is 14.4. The minimum Gasteiger partial charge on any atom is -0.384 e. The average molecular weight is 511 g/mol. The molecule has 1 unspecified atom stereocenters. The molecule has 2 aromatic rings. The molecule has 0 aliphatic rings. The van der Waals surface area contributed by atoms with Crippen LogP contribution in [0.5, 0.6) is 0 Å². The Balaban J connectivity index is 0.00000420. The number of hydrogen-bond acceptors (Lipinski definition) is 3. The molecule has 0 aliphatic carbocycles. The van der Waals surface area contributed by atoms with Gasteiger partial charge in [0.1, 0.15) is 5.60 Å². The summed E-state index contributed by atoms with van der Waals surface area (Å²) >= 11 is 0. The zero-order chi connectivity index (χ0) is 20.1. The maximum Gasteiger partial charge on any atom is 0.191 e. The van der Waals surface area contributed by atoms with Gasteiger partial charge in [0.05, 0.1) is 13.2 Å². The Morgan fingerprint density at radius 1 is 1.00 bits per heavy atom. The first-order valence-corrected chi connectivity index (χ1v) is 10.0. The topological polar surface area (TPSA) is 65.9 Å². The van der Waals surface area contributed by atoms with Crippen LogP contribution < -0.4 is 10.6 Å². The van der Waals surface area contributed by atoms with Gasteiger partial charge >= 0.3 is 0 Å². The number of nitrogens with zero attached hydrogens (tertiary/aromatic N) is 1. The smallest absolute Gasteiger partial charge is 0.191 e.